The van der Waals surface area contributed by atoms with Crippen molar-refractivity contribution < 1.29 is 14.5 Å². The molecule has 0 aliphatic heterocycles. The number of carbonyl (C=O) groups is 1. The van der Waals surface area contributed by atoms with Gasteiger partial charge in [-0.1, -0.05) is 46.9 Å². The van der Waals surface area contributed by atoms with Gasteiger partial charge in [-0.05, 0) is 11.6 Å². The lowest BCUT2D eigenvalue weighted by molar-refractivity contribution is -0.384. The van der Waals surface area contributed by atoms with E-state index in [1.165, 1.54) is 31.4 Å². The molecule has 0 aliphatic rings. The first kappa shape index (κ1) is 16.8. The smallest absolute Gasteiger partial charge is 0.333 e. The van der Waals surface area contributed by atoms with E-state index in [0.29, 0.717) is 5.56 Å². The Morgan fingerprint density at radius 3 is 2.60 bits per heavy atom. The summed E-state index contributed by atoms with van der Waals surface area (Å²) in [4.78, 5) is 21.8. The van der Waals surface area contributed by atoms with Crippen molar-refractivity contribution in [1.29, 1.82) is 0 Å². The first-order valence-corrected chi connectivity index (χ1v) is 6.46. The van der Waals surface area contributed by atoms with E-state index in [-0.39, 0.29) is 17.7 Å². The van der Waals surface area contributed by atoms with E-state index in [2.05, 4.69) is 4.74 Å². The number of non-ortho nitro benzene ring substituents is 1. The fourth-order valence-corrected chi connectivity index (χ4v) is 1.89. The van der Waals surface area contributed by atoms with Crippen molar-refractivity contribution >= 4 is 52.5 Å². The van der Waals surface area contributed by atoms with Crippen molar-refractivity contribution in [3.05, 3.63) is 45.5 Å². The monoisotopic (exact) mass is 337 g/mol. The van der Waals surface area contributed by atoms with E-state index in [9.17, 15) is 14.9 Å². The lowest BCUT2D eigenvalue weighted by Crippen LogP contribution is -2.12. The van der Waals surface area contributed by atoms with Crippen molar-refractivity contribution in [1.82, 2.24) is 0 Å². The number of nitro groups is 1. The summed E-state index contributed by atoms with van der Waals surface area (Å²) in [5.74, 6) is -0.664. The van der Waals surface area contributed by atoms with Crippen LogP contribution in [0, 0.1) is 10.1 Å². The molecule has 0 atom stereocenters. The molecule has 0 unspecified atom stereocenters. The Morgan fingerprint density at radius 2 is 2.10 bits per heavy atom. The number of alkyl halides is 3. The van der Waals surface area contributed by atoms with Gasteiger partial charge in [-0.25, -0.2) is 4.79 Å². The Morgan fingerprint density at radius 1 is 1.45 bits per heavy atom. The van der Waals surface area contributed by atoms with Crippen LogP contribution >= 0.6 is 34.8 Å². The minimum absolute atomic E-state index is 0.100. The van der Waals surface area contributed by atoms with Gasteiger partial charge in [0, 0.05) is 24.1 Å². The van der Waals surface area contributed by atoms with Gasteiger partial charge in [-0.3, -0.25) is 10.1 Å². The van der Waals surface area contributed by atoms with Gasteiger partial charge in [-0.15, -0.1) is 0 Å². The summed E-state index contributed by atoms with van der Waals surface area (Å²) in [6.07, 6.45) is 1.22. The number of nitro benzene ring substituents is 1. The van der Waals surface area contributed by atoms with E-state index in [0.717, 1.165) is 0 Å². The van der Waals surface area contributed by atoms with E-state index < -0.39 is 14.7 Å². The van der Waals surface area contributed by atoms with Gasteiger partial charge >= 0.3 is 5.97 Å². The molecule has 0 aromatic heterocycles. The van der Waals surface area contributed by atoms with Crippen molar-refractivity contribution in [2.24, 2.45) is 0 Å². The number of rotatable bonds is 4. The number of nitrogens with zero attached hydrogens (tertiary/aromatic N) is 1. The van der Waals surface area contributed by atoms with Gasteiger partial charge in [0.15, 0.2) is 3.79 Å². The second kappa shape index (κ2) is 6.92. The third-order valence-corrected chi connectivity index (χ3v) is 2.66. The number of hydrogen-bond acceptors (Lipinski definition) is 4. The number of methoxy groups -OCH3 is 1. The first-order valence-electron chi connectivity index (χ1n) is 5.33. The third-order valence-electron chi connectivity index (χ3n) is 2.26. The first-order chi connectivity index (χ1) is 9.23. The fourth-order valence-electron chi connectivity index (χ4n) is 1.46. The van der Waals surface area contributed by atoms with E-state index >= 15 is 0 Å². The number of benzene rings is 1. The number of hydrogen-bond donors (Lipinski definition) is 0. The summed E-state index contributed by atoms with van der Waals surface area (Å²) in [6, 6.07) is 5.73. The summed E-state index contributed by atoms with van der Waals surface area (Å²) in [6.45, 7) is 0. The average Bonchev–Trinajstić information content (AvgIpc) is 2.35. The number of esters is 1. The Kier molecular flexibility index (Phi) is 5.80. The highest BCUT2D eigenvalue weighted by molar-refractivity contribution is 6.67. The largest absolute Gasteiger partial charge is 0.466 e. The van der Waals surface area contributed by atoms with Gasteiger partial charge in [0.25, 0.3) is 5.69 Å². The van der Waals surface area contributed by atoms with Crippen LogP contribution in [0.15, 0.2) is 29.8 Å². The molecule has 0 heterocycles. The van der Waals surface area contributed by atoms with E-state index in [1.54, 1.807) is 6.07 Å². The molecule has 0 N–H and O–H groups in total. The standard InChI is InChI=1S/C12H10Cl3NO4/c1-20-11(17)9(7-12(13,14)15)5-8-3-2-4-10(6-8)16(18)19/h2-6H,7H2,1H3/b9-5+. The molecule has 1 aromatic rings. The van der Waals surface area contributed by atoms with Crippen molar-refractivity contribution in [3.8, 4) is 0 Å². The van der Waals surface area contributed by atoms with Gasteiger partial charge in [-0.2, -0.15) is 0 Å². The molecule has 0 saturated heterocycles. The van der Waals surface area contributed by atoms with Crippen LogP contribution in [0.4, 0.5) is 5.69 Å². The Bertz CT molecular complexity index is 552. The maximum Gasteiger partial charge on any atom is 0.333 e. The second-order valence-corrected chi connectivity index (χ2v) is 6.32. The van der Waals surface area contributed by atoms with E-state index in [1.807, 2.05) is 0 Å². The summed E-state index contributed by atoms with van der Waals surface area (Å²) in [5.41, 5.74) is 0.443. The Balaban J connectivity index is 3.15. The maximum absolute atomic E-state index is 11.6. The van der Waals surface area contributed by atoms with Crippen LogP contribution in [0.5, 0.6) is 0 Å². The zero-order valence-corrected chi connectivity index (χ0v) is 12.6. The van der Waals surface area contributed by atoms with Gasteiger partial charge in [0.1, 0.15) is 0 Å². The molecule has 0 radical (unpaired) electrons. The Hall–Kier alpha value is -1.30. The summed E-state index contributed by atoms with van der Waals surface area (Å²) >= 11 is 17.0. The molecule has 1 aromatic carbocycles. The van der Waals surface area contributed by atoms with Crippen LogP contribution in [0.1, 0.15) is 12.0 Å². The molecule has 8 heteroatoms. The predicted molar refractivity (Wildman–Crippen MR) is 78.0 cm³/mol. The maximum atomic E-state index is 11.6. The molecule has 0 fully saturated rings. The highest BCUT2D eigenvalue weighted by atomic mass is 35.6. The van der Waals surface area contributed by atoms with E-state index in [4.69, 9.17) is 34.8 Å². The molecule has 0 saturated carbocycles. The normalized spacial score (nSPS) is 12.1. The zero-order valence-electron chi connectivity index (χ0n) is 10.3. The van der Waals surface area contributed by atoms with Crippen LogP contribution < -0.4 is 0 Å². The van der Waals surface area contributed by atoms with Crippen LogP contribution in [0.3, 0.4) is 0 Å². The lowest BCUT2D eigenvalue weighted by atomic mass is 10.1. The topological polar surface area (TPSA) is 69.4 Å². The van der Waals surface area contributed by atoms with Crippen LogP contribution in [0.2, 0.25) is 0 Å². The van der Waals surface area contributed by atoms with Crippen molar-refractivity contribution in [2.75, 3.05) is 7.11 Å². The predicted octanol–water partition coefficient (Wildman–Crippen LogP) is 3.91. The molecule has 108 valence electrons. The highest BCUT2D eigenvalue weighted by Gasteiger charge is 2.25. The number of carbonyl (C=O) groups excluding carboxylic acids is 1. The quantitative estimate of drug-likeness (QED) is 0.274. The third kappa shape index (κ3) is 5.36. The average molecular weight is 339 g/mol. The van der Waals surface area contributed by atoms with Crippen molar-refractivity contribution in [2.45, 2.75) is 10.2 Å². The highest BCUT2D eigenvalue weighted by Crippen LogP contribution is 2.34. The lowest BCUT2D eigenvalue weighted by Gasteiger charge is -2.12. The number of ether oxygens (including phenoxy) is 1. The summed E-state index contributed by atoms with van der Waals surface area (Å²) < 4.78 is 2.93. The fraction of sp³-hybridized carbons (Fsp3) is 0.250. The van der Waals surface area contributed by atoms with Gasteiger partial charge in [0.05, 0.1) is 12.0 Å². The molecule has 5 nitrogen and oxygen atoms in total. The molecule has 0 bridgehead atoms. The number of halogens is 3. The molecular weight excluding hydrogens is 328 g/mol. The van der Waals surface area contributed by atoms with Crippen molar-refractivity contribution in [3.63, 3.8) is 0 Å². The van der Waals surface area contributed by atoms with Crippen LogP contribution in [-0.2, 0) is 9.53 Å². The summed E-state index contributed by atoms with van der Waals surface area (Å²) in [7, 11) is 1.20. The summed E-state index contributed by atoms with van der Waals surface area (Å²) in [5, 5.41) is 10.7. The SMILES string of the molecule is COC(=O)/C(=C/c1cccc([N+](=O)[O-])c1)CC(Cl)(Cl)Cl. The molecule has 0 aliphatic carbocycles. The molecule has 1 rings (SSSR count). The molecular formula is C12H10Cl3NO4. The zero-order chi connectivity index (χ0) is 15.3. The second-order valence-electron chi connectivity index (χ2n) is 3.81. The van der Waals surface area contributed by atoms with Crippen LogP contribution in [0.25, 0.3) is 6.08 Å². The van der Waals surface area contributed by atoms with Gasteiger partial charge < -0.3 is 4.74 Å². The molecule has 0 spiro atoms. The van der Waals surface area contributed by atoms with Gasteiger partial charge in [0.2, 0.25) is 0 Å². The molecule has 0 amide bonds. The minimum atomic E-state index is -1.67. The van der Waals surface area contributed by atoms with Crippen LogP contribution in [-0.4, -0.2) is 21.8 Å². The minimum Gasteiger partial charge on any atom is -0.466 e. The Labute approximate surface area is 130 Å². The molecule has 20 heavy (non-hydrogen) atoms.